The molecule has 1 unspecified atom stereocenters. The molecule has 16 heavy (non-hydrogen) atoms. The van der Waals surface area contributed by atoms with Crippen LogP contribution in [0.5, 0.6) is 0 Å². The summed E-state index contributed by atoms with van der Waals surface area (Å²) in [4.78, 5) is 21.2. The van der Waals surface area contributed by atoms with Gasteiger partial charge in [-0.1, -0.05) is 18.2 Å². The largest absolute Gasteiger partial charge is 0.480 e. The number of alkyl halides is 3. The summed E-state index contributed by atoms with van der Waals surface area (Å²) in [5.74, 6) is -3.66. The zero-order chi connectivity index (χ0) is 12.6. The predicted octanol–water partition coefficient (Wildman–Crippen LogP) is 1.59. The van der Waals surface area contributed by atoms with Gasteiger partial charge in [-0.15, -0.1) is 0 Å². The van der Waals surface area contributed by atoms with E-state index in [-0.39, 0.29) is 0 Å². The van der Waals surface area contributed by atoms with E-state index in [1.165, 1.54) is 0 Å². The molecule has 0 aromatic heterocycles. The maximum absolute atomic E-state index is 12.6. The molecule has 2 N–H and O–H groups in total. The number of aliphatic carboxylic acids is 2. The molecule has 0 saturated carbocycles. The Hall–Kier alpha value is -1.79. The van der Waals surface area contributed by atoms with E-state index in [0.29, 0.717) is 6.08 Å². The molecular weight excluding hydrogens is 229 g/mol. The van der Waals surface area contributed by atoms with Gasteiger partial charge in [-0.25, -0.2) is 4.79 Å². The van der Waals surface area contributed by atoms with Crippen LogP contribution in [-0.4, -0.2) is 28.3 Å². The van der Waals surface area contributed by atoms with Crippen molar-refractivity contribution in [2.45, 2.75) is 12.6 Å². The fourth-order valence-corrected chi connectivity index (χ4v) is 1.36. The van der Waals surface area contributed by atoms with Crippen LogP contribution in [0, 0.1) is 5.41 Å². The van der Waals surface area contributed by atoms with E-state index in [1.807, 2.05) is 0 Å². The number of halogens is 3. The van der Waals surface area contributed by atoms with Crippen molar-refractivity contribution in [2.75, 3.05) is 0 Å². The van der Waals surface area contributed by atoms with E-state index < -0.39 is 35.5 Å². The maximum Gasteiger partial charge on any atom is 0.408 e. The summed E-state index contributed by atoms with van der Waals surface area (Å²) in [7, 11) is 0. The summed E-state index contributed by atoms with van der Waals surface area (Å²) < 4.78 is 37.9. The van der Waals surface area contributed by atoms with Gasteiger partial charge >= 0.3 is 18.1 Å². The molecule has 0 amide bonds. The molecular formula is C9H7F3O4. The van der Waals surface area contributed by atoms with Crippen LogP contribution in [0.4, 0.5) is 13.2 Å². The first-order chi connectivity index (χ1) is 7.21. The summed E-state index contributed by atoms with van der Waals surface area (Å²) in [6.07, 6.45) is -3.92. The zero-order valence-electron chi connectivity index (χ0n) is 7.78. The van der Waals surface area contributed by atoms with Gasteiger partial charge in [0.05, 0.1) is 0 Å². The number of carboxylic acid groups (broad SMARTS) is 2. The Morgan fingerprint density at radius 1 is 1.31 bits per heavy atom. The monoisotopic (exact) mass is 236 g/mol. The van der Waals surface area contributed by atoms with Crippen molar-refractivity contribution in [2.24, 2.45) is 5.41 Å². The normalized spacial score (nSPS) is 25.1. The van der Waals surface area contributed by atoms with Crippen LogP contribution in [-0.2, 0) is 9.59 Å². The van der Waals surface area contributed by atoms with Crippen molar-refractivity contribution in [3.63, 3.8) is 0 Å². The first-order valence-electron chi connectivity index (χ1n) is 4.12. The van der Waals surface area contributed by atoms with Crippen LogP contribution < -0.4 is 0 Å². The third-order valence-electron chi connectivity index (χ3n) is 2.31. The van der Waals surface area contributed by atoms with Crippen LogP contribution in [0.15, 0.2) is 23.8 Å². The fraction of sp³-hybridized carbons (Fsp3) is 0.333. The Bertz CT molecular complexity index is 394. The lowest BCUT2D eigenvalue weighted by Crippen LogP contribution is -2.45. The van der Waals surface area contributed by atoms with E-state index in [1.54, 1.807) is 0 Å². The van der Waals surface area contributed by atoms with Gasteiger partial charge in [-0.2, -0.15) is 13.2 Å². The van der Waals surface area contributed by atoms with Crippen molar-refractivity contribution in [3.8, 4) is 0 Å². The van der Waals surface area contributed by atoms with Crippen LogP contribution in [0.3, 0.4) is 0 Å². The lowest BCUT2D eigenvalue weighted by Gasteiger charge is -2.30. The Kier molecular flexibility index (Phi) is 2.81. The highest BCUT2D eigenvalue weighted by atomic mass is 19.4. The molecule has 88 valence electrons. The maximum atomic E-state index is 12.6. The average molecular weight is 236 g/mol. The Morgan fingerprint density at radius 2 is 1.88 bits per heavy atom. The van der Waals surface area contributed by atoms with Gasteiger partial charge in [0, 0.05) is 12.0 Å². The second-order valence-electron chi connectivity index (χ2n) is 3.31. The highest BCUT2D eigenvalue weighted by Crippen LogP contribution is 2.46. The summed E-state index contributed by atoms with van der Waals surface area (Å²) >= 11 is 0. The molecule has 0 aromatic rings. The molecule has 0 aromatic carbocycles. The molecule has 1 aliphatic rings. The highest BCUT2D eigenvalue weighted by Gasteiger charge is 2.60. The van der Waals surface area contributed by atoms with E-state index in [9.17, 15) is 22.8 Å². The third-order valence-corrected chi connectivity index (χ3v) is 2.31. The molecule has 0 saturated heterocycles. The quantitative estimate of drug-likeness (QED) is 0.763. The average Bonchev–Trinajstić information content (AvgIpc) is 2.15. The first-order valence-corrected chi connectivity index (χ1v) is 4.12. The molecule has 0 fully saturated rings. The Balaban J connectivity index is 3.20. The van der Waals surface area contributed by atoms with Crippen LogP contribution in [0.2, 0.25) is 0 Å². The number of carboxylic acids is 2. The molecule has 0 spiro atoms. The highest BCUT2D eigenvalue weighted by molar-refractivity contribution is 5.90. The first kappa shape index (κ1) is 12.3. The van der Waals surface area contributed by atoms with Gasteiger partial charge in [-0.05, 0) is 0 Å². The molecule has 1 aliphatic carbocycles. The van der Waals surface area contributed by atoms with Crippen molar-refractivity contribution in [1.82, 2.24) is 0 Å². The smallest absolute Gasteiger partial charge is 0.408 e. The van der Waals surface area contributed by atoms with Gasteiger partial charge in [0.25, 0.3) is 0 Å². The van der Waals surface area contributed by atoms with E-state index >= 15 is 0 Å². The van der Waals surface area contributed by atoms with Crippen molar-refractivity contribution < 1.29 is 33.0 Å². The molecule has 0 radical (unpaired) electrons. The summed E-state index contributed by atoms with van der Waals surface area (Å²) in [6, 6.07) is 0. The molecule has 0 heterocycles. The fourth-order valence-electron chi connectivity index (χ4n) is 1.36. The zero-order valence-corrected chi connectivity index (χ0v) is 7.78. The summed E-state index contributed by atoms with van der Waals surface area (Å²) in [5, 5.41) is 17.2. The van der Waals surface area contributed by atoms with Gasteiger partial charge in [0.1, 0.15) is 0 Å². The molecule has 4 nitrogen and oxygen atoms in total. The topological polar surface area (TPSA) is 74.6 Å². The van der Waals surface area contributed by atoms with E-state index in [4.69, 9.17) is 10.2 Å². The molecule has 0 bridgehead atoms. The van der Waals surface area contributed by atoms with E-state index in [0.717, 1.165) is 12.2 Å². The minimum atomic E-state index is -5.04. The third kappa shape index (κ3) is 1.80. The second kappa shape index (κ2) is 3.66. The number of hydrogen-bond acceptors (Lipinski definition) is 2. The Labute approximate surface area is 87.7 Å². The van der Waals surface area contributed by atoms with E-state index in [2.05, 4.69) is 0 Å². The Morgan fingerprint density at radius 3 is 2.25 bits per heavy atom. The number of hydrogen-bond donors (Lipinski definition) is 2. The number of rotatable bonds is 2. The number of carbonyl (C=O) groups is 2. The molecule has 1 atom stereocenters. The lowest BCUT2D eigenvalue weighted by atomic mass is 9.77. The number of allylic oxidation sites excluding steroid dienone is 2. The standard InChI is InChI=1S/C9H7F3O4/c10-9(11,12)8(7(15)16)3-1-2-5(4-8)6(13)14/h1-3H,4H2,(H,13,14)(H,15,16). The van der Waals surface area contributed by atoms with Gasteiger partial charge in [-0.3, -0.25) is 4.79 Å². The second-order valence-corrected chi connectivity index (χ2v) is 3.31. The minimum Gasteiger partial charge on any atom is -0.480 e. The van der Waals surface area contributed by atoms with Crippen LogP contribution in [0.1, 0.15) is 6.42 Å². The van der Waals surface area contributed by atoms with Crippen molar-refractivity contribution in [3.05, 3.63) is 23.8 Å². The summed E-state index contributed by atoms with van der Waals surface area (Å²) in [6.45, 7) is 0. The molecule has 0 aliphatic heterocycles. The van der Waals surface area contributed by atoms with Crippen LogP contribution >= 0.6 is 0 Å². The van der Waals surface area contributed by atoms with Gasteiger partial charge in [0.15, 0.2) is 5.41 Å². The van der Waals surface area contributed by atoms with Gasteiger partial charge in [0.2, 0.25) is 0 Å². The van der Waals surface area contributed by atoms with Crippen molar-refractivity contribution in [1.29, 1.82) is 0 Å². The minimum absolute atomic E-state index is 0.460. The van der Waals surface area contributed by atoms with Crippen LogP contribution in [0.25, 0.3) is 0 Å². The molecule has 1 rings (SSSR count). The van der Waals surface area contributed by atoms with Gasteiger partial charge < -0.3 is 10.2 Å². The SMILES string of the molecule is O=C(O)C1=CC=CC(C(=O)O)(C(F)(F)F)C1. The molecule has 7 heteroatoms. The lowest BCUT2D eigenvalue weighted by molar-refractivity contribution is -0.217. The van der Waals surface area contributed by atoms with Crippen molar-refractivity contribution >= 4 is 11.9 Å². The summed E-state index contributed by atoms with van der Waals surface area (Å²) in [5.41, 5.74) is -3.72. The predicted molar refractivity (Wildman–Crippen MR) is 45.6 cm³/mol.